The van der Waals surface area contributed by atoms with Crippen molar-refractivity contribution < 1.29 is 17.9 Å². The zero-order chi connectivity index (χ0) is 9.61. The molecule has 0 saturated heterocycles. The van der Waals surface area contributed by atoms with Gasteiger partial charge in [0.2, 0.25) is 0 Å². The van der Waals surface area contributed by atoms with Crippen LogP contribution in [-0.4, -0.2) is 25.4 Å². The second-order valence-electron chi connectivity index (χ2n) is 2.77. The summed E-state index contributed by atoms with van der Waals surface area (Å²) in [5.74, 6) is 0. The Morgan fingerprint density at radius 2 is 2.00 bits per heavy atom. The van der Waals surface area contributed by atoms with Gasteiger partial charge in [-0.1, -0.05) is 0 Å². The van der Waals surface area contributed by atoms with E-state index in [1.807, 2.05) is 0 Å². The van der Waals surface area contributed by atoms with Crippen molar-refractivity contribution in [1.29, 1.82) is 0 Å². The van der Waals surface area contributed by atoms with E-state index in [0.29, 0.717) is 6.61 Å². The topological polar surface area (TPSA) is 35.2 Å². The minimum atomic E-state index is -4.07. The Kier molecular flexibility index (Phi) is 5.24. The lowest BCUT2D eigenvalue weighted by Gasteiger charge is -2.08. The number of hydrogen-bond donors (Lipinski definition) is 1. The van der Waals surface area contributed by atoms with Gasteiger partial charge in [-0.05, 0) is 13.3 Å². The summed E-state index contributed by atoms with van der Waals surface area (Å²) in [4.78, 5) is 0. The molecular formula is C7H14F3NO. The van der Waals surface area contributed by atoms with Crippen molar-refractivity contribution >= 4 is 0 Å². The van der Waals surface area contributed by atoms with E-state index in [4.69, 9.17) is 10.5 Å². The Morgan fingerprint density at radius 1 is 1.42 bits per heavy atom. The summed E-state index contributed by atoms with van der Waals surface area (Å²) in [6.07, 6.45) is -4.85. The molecular weight excluding hydrogens is 171 g/mol. The average Bonchev–Trinajstić information content (AvgIpc) is 1.83. The lowest BCUT2D eigenvalue weighted by atomic mass is 10.3. The van der Waals surface area contributed by atoms with Crippen LogP contribution in [0.1, 0.15) is 19.8 Å². The standard InChI is InChI=1S/C7H14F3NO/c1-6(11)5-12-4-2-3-7(8,9)10/h6H,2-5,11H2,1H3. The van der Waals surface area contributed by atoms with E-state index in [9.17, 15) is 13.2 Å². The molecule has 1 unspecified atom stereocenters. The molecule has 0 aromatic heterocycles. The summed E-state index contributed by atoms with van der Waals surface area (Å²) in [6.45, 7) is 2.18. The van der Waals surface area contributed by atoms with E-state index in [1.54, 1.807) is 6.92 Å². The van der Waals surface area contributed by atoms with Gasteiger partial charge >= 0.3 is 6.18 Å². The monoisotopic (exact) mass is 185 g/mol. The van der Waals surface area contributed by atoms with Crippen molar-refractivity contribution in [3.63, 3.8) is 0 Å². The molecule has 0 amide bonds. The molecule has 2 N–H and O–H groups in total. The van der Waals surface area contributed by atoms with Crippen LogP contribution in [0.4, 0.5) is 13.2 Å². The van der Waals surface area contributed by atoms with E-state index < -0.39 is 12.6 Å². The van der Waals surface area contributed by atoms with Crippen LogP contribution in [-0.2, 0) is 4.74 Å². The van der Waals surface area contributed by atoms with Gasteiger partial charge in [-0.3, -0.25) is 0 Å². The van der Waals surface area contributed by atoms with Gasteiger partial charge in [-0.25, -0.2) is 0 Å². The Bertz CT molecular complexity index is 114. The van der Waals surface area contributed by atoms with E-state index in [-0.39, 0.29) is 19.1 Å². The maximum Gasteiger partial charge on any atom is 0.389 e. The van der Waals surface area contributed by atoms with Crippen molar-refractivity contribution in [3.05, 3.63) is 0 Å². The minimum absolute atomic E-state index is 0.0101. The highest BCUT2D eigenvalue weighted by Crippen LogP contribution is 2.20. The molecule has 0 aromatic carbocycles. The first kappa shape index (κ1) is 11.7. The Hall–Kier alpha value is -0.290. The van der Waals surface area contributed by atoms with E-state index in [2.05, 4.69) is 0 Å². The first-order valence-corrected chi connectivity index (χ1v) is 3.82. The molecule has 0 saturated carbocycles. The molecule has 0 heterocycles. The molecule has 0 rings (SSSR count). The number of hydrogen-bond acceptors (Lipinski definition) is 2. The van der Waals surface area contributed by atoms with Crippen LogP contribution in [0.25, 0.3) is 0 Å². The van der Waals surface area contributed by atoms with Crippen LogP contribution in [0.5, 0.6) is 0 Å². The van der Waals surface area contributed by atoms with E-state index in [1.165, 1.54) is 0 Å². The first-order chi connectivity index (χ1) is 5.42. The van der Waals surface area contributed by atoms with Crippen molar-refractivity contribution in [1.82, 2.24) is 0 Å². The highest BCUT2D eigenvalue weighted by atomic mass is 19.4. The normalized spacial score (nSPS) is 14.8. The van der Waals surface area contributed by atoms with Gasteiger partial charge in [0.15, 0.2) is 0 Å². The van der Waals surface area contributed by atoms with Crippen LogP contribution in [0.15, 0.2) is 0 Å². The van der Waals surface area contributed by atoms with Crippen molar-refractivity contribution in [2.75, 3.05) is 13.2 Å². The second-order valence-corrected chi connectivity index (χ2v) is 2.77. The molecule has 0 aliphatic rings. The molecule has 1 atom stereocenters. The van der Waals surface area contributed by atoms with Crippen molar-refractivity contribution in [2.45, 2.75) is 32.0 Å². The summed E-state index contributed by atoms with van der Waals surface area (Å²) >= 11 is 0. The molecule has 0 aliphatic carbocycles. The van der Waals surface area contributed by atoms with Gasteiger partial charge in [-0.2, -0.15) is 13.2 Å². The summed E-state index contributed by atoms with van der Waals surface area (Å²) in [5, 5.41) is 0. The predicted octanol–water partition coefficient (Wildman–Crippen LogP) is 1.69. The molecule has 0 aliphatic heterocycles. The fourth-order valence-electron chi connectivity index (χ4n) is 0.644. The number of nitrogens with two attached hydrogens (primary N) is 1. The largest absolute Gasteiger partial charge is 0.389 e. The van der Waals surface area contributed by atoms with Crippen LogP contribution in [0.3, 0.4) is 0 Å². The Balaban J connectivity index is 3.12. The molecule has 0 fully saturated rings. The Morgan fingerprint density at radius 3 is 2.42 bits per heavy atom. The zero-order valence-electron chi connectivity index (χ0n) is 7.03. The Labute approximate surface area is 69.9 Å². The predicted molar refractivity (Wildman–Crippen MR) is 39.8 cm³/mol. The molecule has 2 nitrogen and oxygen atoms in total. The molecule has 0 radical (unpaired) electrons. The number of rotatable bonds is 5. The molecule has 5 heteroatoms. The summed E-state index contributed by atoms with van der Waals surface area (Å²) in [7, 11) is 0. The van der Waals surface area contributed by atoms with Crippen molar-refractivity contribution in [3.8, 4) is 0 Å². The SMILES string of the molecule is CC(N)COCCCC(F)(F)F. The van der Waals surface area contributed by atoms with E-state index in [0.717, 1.165) is 0 Å². The van der Waals surface area contributed by atoms with Crippen LogP contribution in [0.2, 0.25) is 0 Å². The summed E-state index contributed by atoms with van der Waals surface area (Å²) in [5.41, 5.74) is 5.31. The highest BCUT2D eigenvalue weighted by molar-refractivity contribution is 4.52. The first-order valence-electron chi connectivity index (χ1n) is 3.82. The fourth-order valence-corrected chi connectivity index (χ4v) is 0.644. The molecule has 0 bridgehead atoms. The summed E-state index contributed by atoms with van der Waals surface area (Å²) < 4.78 is 39.5. The number of ether oxygens (including phenoxy) is 1. The molecule has 0 aromatic rings. The zero-order valence-corrected chi connectivity index (χ0v) is 7.03. The second kappa shape index (κ2) is 5.37. The lowest BCUT2D eigenvalue weighted by molar-refractivity contribution is -0.137. The van der Waals surface area contributed by atoms with E-state index >= 15 is 0 Å². The summed E-state index contributed by atoms with van der Waals surface area (Å²) in [6, 6.07) is -0.115. The van der Waals surface area contributed by atoms with Gasteiger partial charge < -0.3 is 10.5 Å². The maximum absolute atomic E-state index is 11.6. The van der Waals surface area contributed by atoms with Gasteiger partial charge in [0.05, 0.1) is 6.61 Å². The van der Waals surface area contributed by atoms with Crippen molar-refractivity contribution in [2.24, 2.45) is 5.73 Å². The van der Waals surface area contributed by atoms with Gasteiger partial charge in [0.1, 0.15) is 0 Å². The lowest BCUT2D eigenvalue weighted by Crippen LogP contribution is -2.22. The van der Waals surface area contributed by atoms with Gasteiger partial charge in [-0.15, -0.1) is 0 Å². The third kappa shape index (κ3) is 9.71. The van der Waals surface area contributed by atoms with Gasteiger partial charge in [0.25, 0.3) is 0 Å². The smallest absolute Gasteiger partial charge is 0.380 e. The maximum atomic E-state index is 11.6. The molecule has 74 valence electrons. The number of alkyl halides is 3. The minimum Gasteiger partial charge on any atom is -0.380 e. The third-order valence-electron chi connectivity index (χ3n) is 1.13. The average molecular weight is 185 g/mol. The van der Waals surface area contributed by atoms with Crippen LogP contribution >= 0.6 is 0 Å². The van der Waals surface area contributed by atoms with Gasteiger partial charge in [0, 0.05) is 19.1 Å². The number of halogens is 3. The quantitative estimate of drug-likeness (QED) is 0.661. The highest BCUT2D eigenvalue weighted by Gasteiger charge is 2.25. The van der Waals surface area contributed by atoms with Crippen LogP contribution < -0.4 is 5.73 Å². The molecule has 12 heavy (non-hydrogen) atoms. The third-order valence-corrected chi connectivity index (χ3v) is 1.13. The fraction of sp³-hybridized carbons (Fsp3) is 1.00. The van der Waals surface area contributed by atoms with Crippen LogP contribution in [0, 0.1) is 0 Å². The molecule has 0 spiro atoms.